The van der Waals surface area contributed by atoms with Crippen LogP contribution in [0.2, 0.25) is 13.1 Å². The highest BCUT2D eigenvalue weighted by molar-refractivity contribution is 6.88. The molecule has 0 spiro atoms. The number of hydrogen-bond acceptors (Lipinski definition) is 2. The average molecular weight is 451 g/mol. The maximum Gasteiger partial charge on any atom is 0.143 e. The Morgan fingerprint density at radius 2 is 1.32 bits per heavy atom. The minimum Gasteiger partial charge on any atom is -0.375 e. The van der Waals surface area contributed by atoms with E-state index in [-0.39, 0.29) is 10.4 Å². The quantitative estimate of drug-likeness (QED) is 0.479. The van der Waals surface area contributed by atoms with Crippen LogP contribution in [-0.2, 0) is 9.47 Å². The Morgan fingerprint density at radius 3 is 1.77 bits per heavy atom. The zero-order chi connectivity index (χ0) is 21.7. The zero-order valence-electron chi connectivity index (χ0n) is 19.5. The van der Waals surface area contributed by atoms with Crippen molar-refractivity contribution in [2.24, 2.45) is 0 Å². The summed E-state index contributed by atoms with van der Waals surface area (Å²) >= 11 is 0. The third-order valence-corrected chi connectivity index (χ3v) is 14.0. The van der Waals surface area contributed by atoms with Crippen molar-refractivity contribution in [1.82, 2.24) is 0 Å². The van der Waals surface area contributed by atoms with Crippen LogP contribution in [0, 0.1) is 0 Å². The summed E-state index contributed by atoms with van der Waals surface area (Å²) < 4.78 is 13.5. The molecule has 0 N–H and O–H groups in total. The molecule has 4 heteroatoms. The maximum atomic E-state index is 6.92. The SMILES string of the molecule is CC(=CC1([SiH](C)C)CCCCO1)C1([SiH](c2ccccc2)c2ccccc2)CCCCO1. The van der Waals surface area contributed by atoms with E-state index in [1.165, 1.54) is 48.1 Å². The lowest BCUT2D eigenvalue weighted by Crippen LogP contribution is -2.64. The molecule has 0 aliphatic carbocycles. The van der Waals surface area contributed by atoms with Crippen molar-refractivity contribution < 1.29 is 9.47 Å². The van der Waals surface area contributed by atoms with E-state index in [0.717, 1.165) is 19.6 Å². The summed E-state index contributed by atoms with van der Waals surface area (Å²) in [6.07, 6.45) is 9.73. The molecule has 2 saturated heterocycles. The predicted molar refractivity (Wildman–Crippen MR) is 137 cm³/mol. The molecule has 2 aliphatic rings. The number of benzene rings is 2. The van der Waals surface area contributed by atoms with E-state index in [0.29, 0.717) is 0 Å². The predicted octanol–water partition coefficient (Wildman–Crippen LogP) is 4.42. The van der Waals surface area contributed by atoms with Gasteiger partial charge in [-0.1, -0.05) is 90.2 Å². The fourth-order valence-corrected chi connectivity index (χ4v) is 11.5. The molecule has 2 nitrogen and oxygen atoms in total. The fraction of sp³-hybridized carbons (Fsp3) is 0.481. The van der Waals surface area contributed by atoms with Crippen LogP contribution in [0.1, 0.15) is 45.4 Å². The Balaban J connectivity index is 1.85. The maximum absolute atomic E-state index is 6.92. The van der Waals surface area contributed by atoms with Gasteiger partial charge in [-0.3, -0.25) is 0 Å². The van der Waals surface area contributed by atoms with Crippen molar-refractivity contribution in [3.05, 3.63) is 72.3 Å². The van der Waals surface area contributed by atoms with Gasteiger partial charge in [0.1, 0.15) is 8.80 Å². The summed E-state index contributed by atoms with van der Waals surface area (Å²) in [5.41, 5.74) is 1.43. The van der Waals surface area contributed by atoms with Crippen LogP contribution >= 0.6 is 0 Å². The standard InChI is InChI=1S/C27H38O2Si2/c1-23(22-26(30(2)3)18-10-12-20-28-26)27(19-11-13-21-29-27)31(24-14-6-4-7-15-24)25-16-8-5-9-17-25/h4-9,14-17,22,30-31H,10-13,18-21H2,1-3H3. The van der Waals surface area contributed by atoms with E-state index in [1.807, 2.05) is 0 Å². The number of ether oxygens (including phenoxy) is 2. The molecule has 2 aromatic rings. The van der Waals surface area contributed by atoms with Gasteiger partial charge in [0.2, 0.25) is 0 Å². The van der Waals surface area contributed by atoms with E-state index in [1.54, 1.807) is 0 Å². The molecule has 2 heterocycles. The van der Waals surface area contributed by atoms with E-state index < -0.39 is 17.6 Å². The van der Waals surface area contributed by atoms with Crippen LogP contribution in [-0.4, -0.2) is 41.3 Å². The van der Waals surface area contributed by atoms with Gasteiger partial charge in [-0.2, -0.15) is 0 Å². The second-order valence-corrected chi connectivity index (χ2v) is 16.1. The molecule has 2 unspecified atom stereocenters. The van der Waals surface area contributed by atoms with Gasteiger partial charge in [-0.05, 0) is 51.0 Å². The topological polar surface area (TPSA) is 18.5 Å². The zero-order valence-corrected chi connectivity index (χ0v) is 21.8. The largest absolute Gasteiger partial charge is 0.375 e. The molecule has 166 valence electrons. The first-order valence-electron chi connectivity index (χ1n) is 12.2. The Bertz CT molecular complexity index is 812. The van der Waals surface area contributed by atoms with Crippen molar-refractivity contribution >= 4 is 28.0 Å². The highest BCUT2D eigenvalue weighted by atomic mass is 28.3. The van der Waals surface area contributed by atoms with E-state index in [9.17, 15) is 0 Å². The van der Waals surface area contributed by atoms with Crippen molar-refractivity contribution in [2.45, 2.75) is 69.0 Å². The molecule has 0 bridgehead atoms. The molecule has 4 rings (SSSR count). The van der Waals surface area contributed by atoms with Crippen LogP contribution in [0.4, 0.5) is 0 Å². The normalized spacial score (nSPS) is 27.6. The van der Waals surface area contributed by atoms with Gasteiger partial charge in [0.05, 0.1) is 19.2 Å². The molecule has 0 radical (unpaired) electrons. The van der Waals surface area contributed by atoms with Crippen molar-refractivity contribution in [2.75, 3.05) is 13.2 Å². The Morgan fingerprint density at radius 1 is 0.774 bits per heavy atom. The molecule has 0 saturated carbocycles. The van der Waals surface area contributed by atoms with Crippen molar-refractivity contribution in [3.63, 3.8) is 0 Å². The molecule has 2 fully saturated rings. The van der Waals surface area contributed by atoms with E-state index in [2.05, 4.69) is 86.8 Å². The second-order valence-electron chi connectivity index (χ2n) is 9.69. The highest BCUT2D eigenvalue weighted by Crippen LogP contribution is 2.38. The van der Waals surface area contributed by atoms with E-state index >= 15 is 0 Å². The third kappa shape index (κ3) is 4.68. The van der Waals surface area contributed by atoms with Crippen LogP contribution in [0.15, 0.2) is 72.3 Å². The van der Waals surface area contributed by atoms with Gasteiger partial charge in [-0.15, -0.1) is 0 Å². The van der Waals surface area contributed by atoms with Crippen LogP contribution < -0.4 is 10.4 Å². The summed E-state index contributed by atoms with van der Waals surface area (Å²) in [6.45, 7) is 9.02. The third-order valence-electron chi connectivity index (χ3n) is 7.47. The first kappa shape index (κ1) is 22.7. The summed E-state index contributed by atoms with van der Waals surface area (Å²) in [4.78, 5) is 0. The average Bonchev–Trinajstić information content (AvgIpc) is 2.82. The summed E-state index contributed by atoms with van der Waals surface area (Å²) in [7, 11) is -2.74. The second kappa shape index (κ2) is 9.99. The molecular formula is C27H38O2Si2. The minimum atomic E-state index is -1.69. The Hall–Kier alpha value is -1.47. The number of rotatable bonds is 6. The van der Waals surface area contributed by atoms with Crippen LogP contribution in [0.5, 0.6) is 0 Å². The first-order chi connectivity index (χ1) is 15.1. The summed E-state index contributed by atoms with van der Waals surface area (Å²) in [6, 6.07) is 22.4. The van der Waals surface area contributed by atoms with Crippen molar-refractivity contribution in [1.29, 1.82) is 0 Å². The summed E-state index contributed by atoms with van der Waals surface area (Å²) in [5.74, 6) is 0. The minimum absolute atomic E-state index is 0.0253. The Labute approximate surface area is 191 Å². The van der Waals surface area contributed by atoms with Crippen LogP contribution in [0.3, 0.4) is 0 Å². The van der Waals surface area contributed by atoms with Gasteiger partial charge < -0.3 is 9.47 Å². The molecular weight excluding hydrogens is 412 g/mol. The lowest BCUT2D eigenvalue weighted by atomic mass is 9.97. The van der Waals surface area contributed by atoms with Gasteiger partial charge in [0.15, 0.2) is 0 Å². The van der Waals surface area contributed by atoms with Crippen molar-refractivity contribution in [3.8, 4) is 0 Å². The molecule has 31 heavy (non-hydrogen) atoms. The number of hydrogen-bond donors (Lipinski definition) is 0. The van der Waals surface area contributed by atoms with Gasteiger partial charge in [0, 0.05) is 13.2 Å². The fourth-order valence-electron chi connectivity index (χ4n) is 5.67. The van der Waals surface area contributed by atoms with Gasteiger partial charge >= 0.3 is 0 Å². The Kier molecular flexibility index (Phi) is 7.32. The van der Waals surface area contributed by atoms with E-state index in [4.69, 9.17) is 9.47 Å². The van der Waals surface area contributed by atoms with Crippen LogP contribution in [0.25, 0.3) is 0 Å². The molecule has 2 aliphatic heterocycles. The molecule has 2 atom stereocenters. The lowest BCUT2D eigenvalue weighted by Gasteiger charge is -2.46. The van der Waals surface area contributed by atoms with Gasteiger partial charge in [0.25, 0.3) is 0 Å². The molecule has 0 amide bonds. The lowest BCUT2D eigenvalue weighted by molar-refractivity contribution is -0.00640. The molecule has 0 aromatic heterocycles. The smallest absolute Gasteiger partial charge is 0.143 e. The molecule has 2 aromatic carbocycles. The monoisotopic (exact) mass is 450 g/mol. The van der Waals surface area contributed by atoms with Gasteiger partial charge in [-0.25, -0.2) is 0 Å². The first-order valence-corrected chi connectivity index (χ1v) is 16.8. The highest BCUT2D eigenvalue weighted by Gasteiger charge is 2.47. The summed E-state index contributed by atoms with van der Waals surface area (Å²) in [5, 5.41) is 2.74.